The van der Waals surface area contributed by atoms with Crippen LogP contribution in [0.3, 0.4) is 0 Å². The zero-order valence-electron chi connectivity index (χ0n) is 12.5. The van der Waals surface area contributed by atoms with Gasteiger partial charge in [0, 0.05) is 12.5 Å². The number of benzene rings is 1. The molecule has 1 aliphatic carbocycles. The maximum Gasteiger partial charge on any atom is 0.118 e. The first-order valence-corrected chi connectivity index (χ1v) is 7.47. The van der Waals surface area contributed by atoms with Crippen LogP contribution in [0, 0.1) is 11.3 Å². The summed E-state index contributed by atoms with van der Waals surface area (Å²) in [6, 6.07) is 10.9. The zero-order valence-corrected chi connectivity index (χ0v) is 12.5. The summed E-state index contributed by atoms with van der Waals surface area (Å²) in [6.45, 7) is 2.01. The second-order valence-corrected chi connectivity index (χ2v) is 5.95. The van der Waals surface area contributed by atoms with Gasteiger partial charge in [-0.1, -0.05) is 31.4 Å². The van der Waals surface area contributed by atoms with Crippen LogP contribution in [0.1, 0.15) is 44.6 Å². The van der Waals surface area contributed by atoms with E-state index in [1.807, 2.05) is 31.2 Å². The molecule has 0 spiro atoms. The molecule has 1 fully saturated rings. The molecular formula is C17H24N2O. The quantitative estimate of drug-likeness (QED) is 0.893. The van der Waals surface area contributed by atoms with Crippen LogP contribution in [-0.2, 0) is 6.42 Å². The van der Waals surface area contributed by atoms with E-state index in [1.165, 1.54) is 32.1 Å². The summed E-state index contributed by atoms with van der Waals surface area (Å²) in [6.07, 6.45) is 7.01. The van der Waals surface area contributed by atoms with Gasteiger partial charge in [0.15, 0.2) is 0 Å². The number of methoxy groups -OCH3 is 1. The Morgan fingerprint density at radius 3 is 2.45 bits per heavy atom. The first-order valence-electron chi connectivity index (χ1n) is 7.47. The van der Waals surface area contributed by atoms with Gasteiger partial charge in [-0.3, -0.25) is 5.32 Å². The molecule has 20 heavy (non-hydrogen) atoms. The fourth-order valence-electron chi connectivity index (χ4n) is 2.97. The molecule has 1 aromatic rings. The standard InChI is InChI=1S/C17H24N2O/c1-17(13-18,19-15-6-4-3-5-7-15)12-14-8-10-16(20-2)11-9-14/h8-11,15,19H,3-7,12H2,1-2H3. The molecule has 1 N–H and O–H groups in total. The van der Waals surface area contributed by atoms with Crippen LogP contribution in [-0.4, -0.2) is 18.7 Å². The average Bonchev–Trinajstić information content (AvgIpc) is 2.49. The van der Waals surface area contributed by atoms with Crippen molar-refractivity contribution in [3.8, 4) is 11.8 Å². The predicted octanol–water partition coefficient (Wildman–Crippen LogP) is 3.44. The van der Waals surface area contributed by atoms with E-state index in [-0.39, 0.29) is 0 Å². The Morgan fingerprint density at radius 2 is 1.90 bits per heavy atom. The lowest BCUT2D eigenvalue weighted by atomic mass is 9.89. The summed E-state index contributed by atoms with van der Waals surface area (Å²) >= 11 is 0. The van der Waals surface area contributed by atoms with Crippen molar-refractivity contribution in [3.05, 3.63) is 29.8 Å². The molecule has 1 aromatic carbocycles. The highest BCUT2D eigenvalue weighted by Gasteiger charge is 2.28. The number of ether oxygens (including phenoxy) is 1. The van der Waals surface area contributed by atoms with Gasteiger partial charge < -0.3 is 4.74 Å². The number of hydrogen-bond donors (Lipinski definition) is 1. The molecule has 2 rings (SSSR count). The van der Waals surface area contributed by atoms with E-state index in [0.717, 1.165) is 17.7 Å². The lowest BCUT2D eigenvalue weighted by Gasteiger charge is -2.32. The van der Waals surface area contributed by atoms with Gasteiger partial charge in [-0.25, -0.2) is 0 Å². The molecule has 3 heteroatoms. The van der Waals surface area contributed by atoms with Gasteiger partial charge in [-0.15, -0.1) is 0 Å². The van der Waals surface area contributed by atoms with Crippen LogP contribution < -0.4 is 10.1 Å². The molecule has 0 amide bonds. The third kappa shape index (κ3) is 3.98. The normalized spacial score (nSPS) is 19.1. The summed E-state index contributed by atoms with van der Waals surface area (Å²) in [4.78, 5) is 0. The molecular weight excluding hydrogens is 248 g/mol. The Morgan fingerprint density at radius 1 is 1.25 bits per heavy atom. The smallest absolute Gasteiger partial charge is 0.118 e. The number of nitriles is 1. The monoisotopic (exact) mass is 272 g/mol. The van der Waals surface area contributed by atoms with Crippen LogP contribution in [0.4, 0.5) is 0 Å². The fourth-order valence-corrected chi connectivity index (χ4v) is 2.97. The summed E-state index contributed by atoms with van der Waals surface area (Å²) < 4.78 is 5.17. The Hall–Kier alpha value is -1.53. The molecule has 0 bridgehead atoms. The first-order chi connectivity index (χ1) is 9.65. The minimum absolute atomic E-state index is 0.489. The minimum Gasteiger partial charge on any atom is -0.497 e. The van der Waals surface area contributed by atoms with E-state index in [4.69, 9.17) is 4.74 Å². The van der Waals surface area contributed by atoms with Crippen molar-refractivity contribution in [2.24, 2.45) is 0 Å². The summed E-state index contributed by atoms with van der Waals surface area (Å²) in [7, 11) is 1.67. The lowest BCUT2D eigenvalue weighted by molar-refractivity contribution is 0.305. The van der Waals surface area contributed by atoms with Crippen LogP contribution in [0.2, 0.25) is 0 Å². The number of rotatable bonds is 5. The van der Waals surface area contributed by atoms with Crippen molar-refractivity contribution < 1.29 is 4.74 Å². The van der Waals surface area contributed by atoms with Gasteiger partial charge in [0.05, 0.1) is 13.2 Å². The van der Waals surface area contributed by atoms with Crippen LogP contribution in [0.25, 0.3) is 0 Å². The van der Waals surface area contributed by atoms with Gasteiger partial charge in [0.1, 0.15) is 11.3 Å². The topological polar surface area (TPSA) is 45.0 Å². The molecule has 0 heterocycles. The Balaban J connectivity index is 2.00. The third-order valence-corrected chi connectivity index (χ3v) is 4.09. The molecule has 1 unspecified atom stereocenters. The van der Waals surface area contributed by atoms with Gasteiger partial charge in [-0.05, 0) is 37.5 Å². The second-order valence-electron chi connectivity index (χ2n) is 5.95. The lowest BCUT2D eigenvalue weighted by Crippen LogP contribution is -2.49. The molecule has 0 radical (unpaired) electrons. The zero-order chi connectivity index (χ0) is 14.4. The molecule has 0 aliphatic heterocycles. The molecule has 3 nitrogen and oxygen atoms in total. The van der Waals surface area contributed by atoms with E-state index in [0.29, 0.717) is 6.04 Å². The van der Waals surface area contributed by atoms with Crippen molar-refractivity contribution in [2.45, 2.75) is 57.0 Å². The van der Waals surface area contributed by atoms with Crippen LogP contribution in [0.15, 0.2) is 24.3 Å². The highest BCUT2D eigenvalue weighted by molar-refractivity contribution is 5.29. The van der Waals surface area contributed by atoms with Crippen LogP contribution in [0.5, 0.6) is 5.75 Å². The number of nitrogens with one attached hydrogen (secondary N) is 1. The van der Waals surface area contributed by atoms with E-state index >= 15 is 0 Å². The predicted molar refractivity (Wildman–Crippen MR) is 80.7 cm³/mol. The van der Waals surface area contributed by atoms with Crippen molar-refractivity contribution in [1.82, 2.24) is 5.32 Å². The maximum absolute atomic E-state index is 9.54. The number of nitrogens with zero attached hydrogens (tertiary/aromatic N) is 1. The van der Waals surface area contributed by atoms with E-state index in [9.17, 15) is 5.26 Å². The average molecular weight is 272 g/mol. The first kappa shape index (κ1) is 14.9. The summed E-state index contributed by atoms with van der Waals surface area (Å²) in [5.41, 5.74) is 0.675. The Kier molecular flexibility index (Phi) is 5.03. The molecule has 1 saturated carbocycles. The SMILES string of the molecule is COc1ccc(CC(C)(C#N)NC2CCCCC2)cc1. The van der Waals surface area contributed by atoms with Gasteiger partial charge in [0.25, 0.3) is 0 Å². The van der Waals surface area contributed by atoms with E-state index in [2.05, 4.69) is 11.4 Å². The van der Waals surface area contributed by atoms with Gasteiger partial charge >= 0.3 is 0 Å². The van der Waals surface area contributed by atoms with Crippen molar-refractivity contribution in [3.63, 3.8) is 0 Å². The van der Waals surface area contributed by atoms with Crippen molar-refractivity contribution in [1.29, 1.82) is 5.26 Å². The minimum atomic E-state index is -0.489. The van der Waals surface area contributed by atoms with Crippen molar-refractivity contribution in [2.75, 3.05) is 7.11 Å². The highest BCUT2D eigenvalue weighted by Crippen LogP contribution is 2.22. The van der Waals surface area contributed by atoms with E-state index in [1.54, 1.807) is 7.11 Å². The fraction of sp³-hybridized carbons (Fsp3) is 0.588. The van der Waals surface area contributed by atoms with Gasteiger partial charge in [-0.2, -0.15) is 5.26 Å². The maximum atomic E-state index is 9.54. The van der Waals surface area contributed by atoms with Crippen LogP contribution >= 0.6 is 0 Å². The molecule has 1 aliphatic rings. The Bertz CT molecular complexity index is 457. The molecule has 108 valence electrons. The highest BCUT2D eigenvalue weighted by atomic mass is 16.5. The molecule has 0 saturated heterocycles. The second kappa shape index (κ2) is 6.76. The number of hydrogen-bond acceptors (Lipinski definition) is 3. The van der Waals surface area contributed by atoms with Crippen molar-refractivity contribution >= 4 is 0 Å². The van der Waals surface area contributed by atoms with E-state index < -0.39 is 5.54 Å². The third-order valence-electron chi connectivity index (χ3n) is 4.09. The summed E-state index contributed by atoms with van der Waals surface area (Å²) in [5, 5.41) is 13.1. The molecule has 1 atom stereocenters. The largest absolute Gasteiger partial charge is 0.497 e. The summed E-state index contributed by atoms with van der Waals surface area (Å²) in [5.74, 6) is 0.854. The molecule has 0 aromatic heterocycles. The Labute approximate surface area is 121 Å². The van der Waals surface area contributed by atoms with Gasteiger partial charge in [0.2, 0.25) is 0 Å².